The third kappa shape index (κ3) is 1.37. The summed E-state index contributed by atoms with van der Waals surface area (Å²) < 4.78 is 0. The van der Waals surface area contributed by atoms with Crippen LogP contribution in [0.25, 0.3) is 0 Å². The van der Waals surface area contributed by atoms with Crippen LogP contribution >= 0.6 is 23.6 Å². The standard InChI is InChI=1S/C9H10N2OS2/c1-4-6(3-12)14-5-2-7(13)11-9(10)8(4)5/h12H,2-3H2,1H3,(H2,10,11,13). The van der Waals surface area contributed by atoms with Gasteiger partial charge in [0.05, 0.1) is 6.61 Å². The average Bonchev–Trinajstić information content (AvgIpc) is 2.42. The van der Waals surface area contributed by atoms with Crippen molar-refractivity contribution in [1.29, 1.82) is 0 Å². The molecule has 5 heteroatoms. The Bertz CT molecular complexity index is 434. The van der Waals surface area contributed by atoms with E-state index < -0.39 is 0 Å². The minimum absolute atomic E-state index is 0.0591. The number of aliphatic hydroxyl groups excluding tert-OH is 1. The van der Waals surface area contributed by atoms with Gasteiger partial charge in [-0.15, -0.1) is 11.3 Å². The fourth-order valence-corrected chi connectivity index (χ4v) is 3.12. The van der Waals surface area contributed by atoms with E-state index in [9.17, 15) is 0 Å². The highest BCUT2D eigenvalue weighted by Crippen LogP contribution is 2.30. The lowest BCUT2D eigenvalue weighted by Crippen LogP contribution is -2.22. The maximum absolute atomic E-state index is 9.12. The highest BCUT2D eigenvalue weighted by Gasteiger charge is 2.21. The number of thiocarbonyl (C=S) groups is 1. The van der Waals surface area contributed by atoms with Gasteiger partial charge in [-0.1, -0.05) is 12.2 Å². The first kappa shape index (κ1) is 9.76. The summed E-state index contributed by atoms with van der Waals surface area (Å²) in [6.07, 6.45) is 0.677. The van der Waals surface area contributed by atoms with Gasteiger partial charge in [-0.05, 0) is 12.5 Å². The molecule has 3 N–H and O–H groups in total. The van der Waals surface area contributed by atoms with E-state index in [2.05, 4.69) is 4.99 Å². The van der Waals surface area contributed by atoms with Gasteiger partial charge in [0.15, 0.2) is 0 Å². The fraction of sp³-hybridized carbons (Fsp3) is 0.333. The summed E-state index contributed by atoms with van der Waals surface area (Å²) in [5, 5.41) is 9.12. The number of nitrogens with two attached hydrogens (primary N) is 1. The van der Waals surface area contributed by atoms with Crippen LogP contribution in [0.3, 0.4) is 0 Å². The molecule has 0 bridgehead atoms. The summed E-state index contributed by atoms with van der Waals surface area (Å²) >= 11 is 6.60. The third-order valence-corrected chi connectivity index (χ3v) is 3.79. The molecule has 14 heavy (non-hydrogen) atoms. The lowest BCUT2D eigenvalue weighted by molar-refractivity contribution is 0.285. The molecule has 1 aromatic heterocycles. The lowest BCUT2D eigenvalue weighted by atomic mass is 10.1. The van der Waals surface area contributed by atoms with E-state index in [1.165, 1.54) is 0 Å². The van der Waals surface area contributed by atoms with Gasteiger partial charge < -0.3 is 10.8 Å². The smallest absolute Gasteiger partial charge is 0.133 e. The fourth-order valence-electron chi connectivity index (χ4n) is 1.60. The number of aliphatic imine (C=N–C) groups is 1. The molecule has 0 atom stereocenters. The number of amidine groups is 1. The Morgan fingerprint density at radius 3 is 3.00 bits per heavy atom. The van der Waals surface area contributed by atoms with Gasteiger partial charge in [-0.3, -0.25) is 0 Å². The van der Waals surface area contributed by atoms with E-state index in [0.717, 1.165) is 20.9 Å². The quantitative estimate of drug-likeness (QED) is 0.706. The SMILES string of the molecule is Cc1c(CO)sc2c1C(N)=NC(=S)C2. The van der Waals surface area contributed by atoms with E-state index in [1.807, 2.05) is 6.92 Å². The number of thiophene rings is 1. The van der Waals surface area contributed by atoms with E-state index >= 15 is 0 Å². The predicted octanol–water partition coefficient (Wildman–Crippen LogP) is 1.14. The molecule has 0 radical (unpaired) electrons. The van der Waals surface area contributed by atoms with Crippen molar-refractivity contribution < 1.29 is 5.11 Å². The zero-order valence-electron chi connectivity index (χ0n) is 7.70. The number of hydrogen-bond donors (Lipinski definition) is 2. The lowest BCUT2D eigenvalue weighted by Gasteiger charge is -2.10. The molecular formula is C9H10N2OS2. The summed E-state index contributed by atoms with van der Waals surface area (Å²) in [6.45, 7) is 2.02. The molecule has 1 aliphatic rings. The highest BCUT2D eigenvalue weighted by atomic mass is 32.1. The van der Waals surface area contributed by atoms with Crippen LogP contribution in [0.2, 0.25) is 0 Å². The van der Waals surface area contributed by atoms with Gasteiger partial charge in [0, 0.05) is 21.7 Å². The largest absolute Gasteiger partial charge is 0.391 e. The Balaban J connectivity index is 2.61. The molecule has 0 fully saturated rings. The molecule has 74 valence electrons. The summed E-state index contributed by atoms with van der Waals surface area (Å²) in [6, 6.07) is 0. The van der Waals surface area contributed by atoms with Crippen molar-refractivity contribution in [3.63, 3.8) is 0 Å². The van der Waals surface area contributed by atoms with E-state index in [1.54, 1.807) is 11.3 Å². The van der Waals surface area contributed by atoms with E-state index in [-0.39, 0.29) is 6.61 Å². The first-order chi connectivity index (χ1) is 6.63. The topological polar surface area (TPSA) is 58.6 Å². The molecule has 1 aromatic rings. The van der Waals surface area contributed by atoms with Crippen LogP contribution in [0.1, 0.15) is 20.9 Å². The maximum Gasteiger partial charge on any atom is 0.133 e. The number of fused-ring (bicyclic) bond motifs is 1. The molecule has 2 heterocycles. The van der Waals surface area contributed by atoms with Gasteiger partial charge >= 0.3 is 0 Å². The van der Waals surface area contributed by atoms with Crippen molar-refractivity contribution in [2.45, 2.75) is 20.0 Å². The van der Waals surface area contributed by atoms with Crippen molar-refractivity contribution in [1.82, 2.24) is 0 Å². The van der Waals surface area contributed by atoms with Crippen LogP contribution in [0.15, 0.2) is 4.99 Å². The zero-order chi connectivity index (χ0) is 10.3. The summed E-state index contributed by atoms with van der Waals surface area (Å²) in [4.78, 5) is 6.79. The van der Waals surface area contributed by atoms with Crippen LogP contribution in [0.4, 0.5) is 0 Å². The number of nitrogens with zero attached hydrogens (tertiary/aromatic N) is 1. The third-order valence-electron chi connectivity index (χ3n) is 2.28. The zero-order valence-corrected chi connectivity index (χ0v) is 9.34. The van der Waals surface area contributed by atoms with Crippen molar-refractivity contribution >= 4 is 34.4 Å². The molecule has 0 saturated heterocycles. The summed E-state index contributed by atoms with van der Waals surface area (Å²) in [5.41, 5.74) is 7.81. The van der Waals surface area contributed by atoms with Crippen molar-refractivity contribution in [2.24, 2.45) is 10.7 Å². The second-order valence-corrected chi connectivity index (χ2v) is 4.84. The van der Waals surface area contributed by atoms with Gasteiger partial charge in [-0.2, -0.15) is 0 Å². The van der Waals surface area contributed by atoms with Gasteiger partial charge in [0.25, 0.3) is 0 Å². The molecule has 2 rings (SSSR count). The van der Waals surface area contributed by atoms with Crippen LogP contribution in [0, 0.1) is 6.92 Å². The highest BCUT2D eigenvalue weighted by molar-refractivity contribution is 7.80. The monoisotopic (exact) mass is 226 g/mol. The minimum atomic E-state index is 0.0591. The average molecular weight is 226 g/mol. The van der Waals surface area contributed by atoms with Gasteiger partial charge in [-0.25, -0.2) is 4.99 Å². The van der Waals surface area contributed by atoms with Crippen LogP contribution in [-0.4, -0.2) is 15.9 Å². The van der Waals surface area contributed by atoms with Crippen molar-refractivity contribution in [3.8, 4) is 0 Å². The number of aliphatic hydroxyl groups is 1. The Hall–Kier alpha value is -0.780. The molecule has 0 amide bonds. The molecular weight excluding hydrogens is 216 g/mol. The second kappa shape index (κ2) is 3.42. The molecule has 0 saturated carbocycles. The van der Waals surface area contributed by atoms with Crippen molar-refractivity contribution in [2.75, 3.05) is 0 Å². The Morgan fingerprint density at radius 2 is 2.36 bits per heavy atom. The molecule has 0 spiro atoms. The van der Waals surface area contributed by atoms with Gasteiger partial charge in [0.1, 0.15) is 10.8 Å². The number of rotatable bonds is 1. The van der Waals surface area contributed by atoms with Crippen LogP contribution in [0.5, 0.6) is 0 Å². The van der Waals surface area contributed by atoms with E-state index in [4.69, 9.17) is 23.1 Å². The molecule has 3 nitrogen and oxygen atoms in total. The Morgan fingerprint density at radius 1 is 1.64 bits per heavy atom. The second-order valence-electron chi connectivity index (χ2n) is 3.17. The first-order valence-corrected chi connectivity index (χ1v) is 5.45. The maximum atomic E-state index is 9.12. The Kier molecular flexibility index (Phi) is 2.38. The predicted molar refractivity (Wildman–Crippen MR) is 62.0 cm³/mol. The van der Waals surface area contributed by atoms with Crippen molar-refractivity contribution in [3.05, 3.63) is 20.9 Å². The molecule has 0 aromatic carbocycles. The van der Waals surface area contributed by atoms with E-state index in [0.29, 0.717) is 17.2 Å². The summed E-state index contributed by atoms with van der Waals surface area (Å²) in [5.74, 6) is 0.490. The summed E-state index contributed by atoms with van der Waals surface area (Å²) in [7, 11) is 0. The molecule has 0 aliphatic carbocycles. The minimum Gasteiger partial charge on any atom is -0.391 e. The first-order valence-electron chi connectivity index (χ1n) is 4.23. The normalized spacial score (nSPS) is 15.3. The van der Waals surface area contributed by atoms with Gasteiger partial charge in [0.2, 0.25) is 0 Å². The molecule has 1 aliphatic heterocycles. The van der Waals surface area contributed by atoms with Crippen LogP contribution < -0.4 is 5.73 Å². The van der Waals surface area contributed by atoms with Crippen LogP contribution in [-0.2, 0) is 13.0 Å². The Labute approximate surface area is 91.3 Å². The molecule has 0 unspecified atom stereocenters. The number of hydrogen-bond acceptors (Lipinski definition) is 4.